The molecule has 1 aromatic carbocycles. The van der Waals surface area contributed by atoms with Gasteiger partial charge in [0.1, 0.15) is 6.61 Å². The van der Waals surface area contributed by atoms with E-state index >= 15 is 0 Å². The van der Waals surface area contributed by atoms with Gasteiger partial charge in [-0.1, -0.05) is 0 Å². The van der Waals surface area contributed by atoms with Crippen molar-refractivity contribution >= 4 is 45.8 Å². The zero-order valence-corrected chi connectivity index (χ0v) is 21.1. The zero-order valence-electron chi connectivity index (χ0n) is 20.3. The molecule has 3 heterocycles. The second-order valence-corrected chi connectivity index (χ2v) is 9.96. The van der Waals surface area contributed by atoms with Crippen LogP contribution in [-0.4, -0.2) is 57.8 Å². The fourth-order valence-electron chi connectivity index (χ4n) is 3.67. The van der Waals surface area contributed by atoms with E-state index in [4.69, 9.17) is 4.74 Å². The van der Waals surface area contributed by atoms with Gasteiger partial charge in [0.05, 0.1) is 28.1 Å². The maximum absolute atomic E-state index is 13.5. The molecular formula is C25H26FN5O4S. The number of ether oxygens (including phenoxy) is 1. The van der Waals surface area contributed by atoms with Gasteiger partial charge in [0.15, 0.2) is 0 Å². The minimum Gasteiger partial charge on any atom is -0.389 e. The van der Waals surface area contributed by atoms with Crippen LogP contribution in [0.1, 0.15) is 23.5 Å². The number of nitrogens with one attached hydrogen (secondary N) is 1. The standard InChI is InChI=1S/C25H26FN5O4S/c1-25(2,34)14-31-18-6-5-16(30(3)22(32)13-35-4)12-17(18)28-24(31)29-23(33)20-8-7-19(36-20)15-9-10-27-21(26)11-15/h5-12,34H,13-14H2,1-4H3,(H,28,29,33). The summed E-state index contributed by atoms with van der Waals surface area (Å²) >= 11 is 1.21. The number of halogens is 1. The van der Waals surface area contributed by atoms with E-state index < -0.39 is 11.5 Å². The summed E-state index contributed by atoms with van der Waals surface area (Å²) in [4.78, 5) is 36.1. The molecule has 2 N–H and O–H groups in total. The highest BCUT2D eigenvalue weighted by molar-refractivity contribution is 7.17. The summed E-state index contributed by atoms with van der Waals surface area (Å²) in [7, 11) is 3.09. The van der Waals surface area contributed by atoms with Crippen LogP contribution in [0.4, 0.5) is 16.0 Å². The number of hydrogen-bond donors (Lipinski definition) is 2. The van der Waals surface area contributed by atoms with Crippen LogP contribution in [0.5, 0.6) is 0 Å². The molecule has 11 heteroatoms. The van der Waals surface area contributed by atoms with Gasteiger partial charge in [-0.15, -0.1) is 11.3 Å². The first kappa shape index (κ1) is 25.4. The van der Waals surface area contributed by atoms with Crippen molar-refractivity contribution in [2.45, 2.75) is 26.0 Å². The molecule has 0 fully saturated rings. The first-order chi connectivity index (χ1) is 17.1. The largest absolute Gasteiger partial charge is 0.389 e. The molecule has 3 aromatic heterocycles. The molecule has 188 valence electrons. The smallest absolute Gasteiger partial charge is 0.268 e. The van der Waals surface area contributed by atoms with Crippen LogP contribution in [-0.2, 0) is 16.1 Å². The lowest BCUT2D eigenvalue weighted by Gasteiger charge is -2.20. The van der Waals surface area contributed by atoms with Crippen molar-refractivity contribution in [2.75, 3.05) is 31.0 Å². The molecule has 0 aliphatic carbocycles. The Balaban J connectivity index is 1.66. The highest BCUT2D eigenvalue weighted by Crippen LogP contribution is 2.30. The predicted molar refractivity (Wildman–Crippen MR) is 137 cm³/mol. The Kier molecular flexibility index (Phi) is 7.16. The van der Waals surface area contributed by atoms with Crippen molar-refractivity contribution in [3.8, 4) is 10.4 Å². The van der Waals surface area contributed by atoms with Crippen molar-refractivity contribution in [1.29, 1.82) is 0 Å². The molecule has 0 aliphatic rings. The van der Waals surface area contributed by atoms with Gasteiger partial charge in [-0.2, -0.15) is 4.39 Å². The average Bonchev–Trinajstić information content (AvgIpc) is 3.43. The molecular weight excluding hydrogens is 485 g/mol. The molecule has 0 bridgehead atoms. The molecule has 36 heavy (non-hydrogen) atoms. The molecule has 9 nitrogen and oxygen atoms in total. The number of carbonyl (C=O) groups excluding carboxylic acids is 2. The molecule has 4 rings (SSSR count). The molecule has 0 radical (unpaired) electrons. The number of rotatable bonds is 8. The fraction of sp³-hybridized carbons (Fsp3) is 0.280. The second-order valence-electron chi connectivity index (χ2n) is 8.88. The monoisotopic (exact) mass is 511 g/mol. The normalized spacial score (nSPS) is 11.6. The second kappa shape index (κ2) is 10.1. The van der Waals surface area contributed by atoms with E-state index in [9.17, 15) is 19.1 Å². The molecule has 2 amide bonds. The van der Waals surface area contributed by atoms with Crippen LogP contribution in [0.15, 0.2) is 48.7 Å². The van der Waals surface area contributed by atoms with Crippen LogP contribution < -0.4 is 10.2 Å². The van der Waals surface area contributed by atoms with Gasteiger partial charge in [-0.25, -0.2) is 9.97 Å². The van der Waals surface area contributed by atoms with Gasteiger partial charge in [-0.3, -0.25) is 14.9 Å². The number of nitrogens with zero attached hydrogens (tertiary/aromatic N) is 4. The van der Waals surface area contributed by atoms with Crippen LogP contribution >= 0.6 is 11.3 Å². The maximum Gasteiger partial charge on any atom is 0.268 e. The number of anilines is 2. The summed E-state index contributed by atoms with van der Waals surface area (Å²) in [5, 5.41) is 13.3. The summed E-state index contributed by atoms with van der Waals surface area (Å²) in [6, 6.07) is 11.7. The van der Waals surface area contributed by atoms with E-state index in [-0.39, 0.29) is 30.9 Å². The molecule has 0 atom stereocenters. The molecule has 0 saturated carbocycles. The number of benzene rings is 1. The van der Waals surface area contributed by atoms with Crippen molar-refractivity contribution in [1.82, 2.24) is 14.5 Å². The zero-order chi connectivity index (χ0) is 26.0. The van der Waals surface area contributed by atoms with Gasteiger partial charge < -0.3 is 19.3 Å². The number of pyridine rings is 1. The molecule has 0 saturated heterocycles. The van der Waals surface area contributed by atoms with Crippen molar-refractivity contribution in [3.63, 3.8) is 0 Å². The summed E-state index contributed by atoms with van der Waals surface area (Å²) in [6.45, 7) is 3.44. The van der Waals surface area contributed by atoms with E-state index in [0.717, 1.165) is 4.88 Å². The average molecular weight is 512 g/mol. The quantitative estimate of drug-likeness (QED) is 0.347. The predicted octanol–water partition coefficient (Wildman–Crippen LogP) is 3.93. The number of methoxy groups -OCH3 is 1. The number of imidazole rings is 1. The molecule has 4 aromatic rings. The number of amides is 2. The fourth-order valence-corrected chi connectivity index (χ4v) is 4.57. The third-order valence-electron chi connectivity index (χ3n) is 5.37. The Labute approximate surface area is 211 Å². The Morgan fingerprint density at radius 3 is 2.69 bits per heavy atom. The number of hydrogen-bond acceptors (Lipinski definition) is 7. The van der Waals surface area contributed by atoms with Gasteiger partial charge >= 0.3 is 0 Å². The lowest BCUT2D eigenvalue weighted by Crippen LogP contribution is -2.29. The number of thiophene rings is 1. The maximum atomic E-state index is 13.5. The van der Waals surface area contributed by atoms with Gasteiger partial charge in [0, 0.05) is 37.0 Å². The third-order valence-corrected chi connectivity index (χ3v) is 6.51. The highest BCUT2D eigenvalue weighted by Gasteiger charge is 2.22. The van der Waals surface area contributed by atoms with Gasteiger partial charge in [-0.05, 0) is 55.8 Å². The number of aromatic nitrogens is 3. The minimum atomic E-state index is -1.08. The van der Waals surface area contributed by atoms with E-state index in [1.165, 1.54) is 35.6 Å². The molecule has 0 unspecified atom stereocenters. The Morgan fingerprint density at radius 2 is 2.00 bits per heavy atom. The van der Waals surface area contributed by atoms with E-state index in [1.807, 2.05) is 0 Å². The lowest BCUT2D eigenvalue weighted by molar-refractivity contribution is -0.121. The Bertz CT molecular complexity index is 1430. The summed E-state index contributed by atoms with van der Waals surface area (Å²) in [5.41, 5.74) is 1.38. The third kappa shape index (κ3) is 5.59. The van der Waals surface area contributed by atoms with Crippen molar-refractivity contribution in [3.05, 3.63) is 59.5 Å². The van der Waals surface area contributed by atoms with E-state index in [2.05, 4.69) is 15.3 Å². The topological polar surface area (TPSA) is 110 Å². The van der Waals surface area contributed by atoms with E-state index in [0.29, 0.717) is 27.2 Å². The first-order valence-electron chi connectivity index (χ1n) is 11.1. The SMILES string of the molecule is COCC(=O)N(C)c1ccc2c(c1)nc(NC(=O)c1ccc(-c3ccnc(F)c3)s1)n2CC(C)(C)O. The Morgan fingerprint density at radius 1 is 1.22 bits per heavy atom. The minimum absolute atomic E-state index is 0.0576. The van der Waals surface area contributed by atoms with Crippen LogP contribution in [0, 0.1) is 5.95 Å². The number of likely N-dealkylation sites (N-methyl/N-ethyl adjacent to an activating group) is 1. The number of carbonyl (C=O) groups is 2. The van der Waals surface area contributed by atoms with Gasteiger partial charge in [0.25, 0.3) is 11.8 Å². The summed E-state index contributed by atoms with van der Waals surface area (Å²) < 4.78 is 20.2. The summed E-state index contributed by atoms with van der Waals surface area (Å²) in [6.07, 6.45) is 1.37. The number of aliphatic hydroxyl groups is 1. The van der Waals surface area contributed by atoms with Crippen molar-refractivity contribution < 1.29 is 23.8 Å². The Hall–Kier alpha value is -3.67. The van der Waals surface area contributed by atoms with Gasteiger partial charge in [0.2, 0.25) is 11.9 Å². The highest BCUT2D eigenvalue weighted by atomic mass is 32.1. The van der Waals surface area contributed by atoms with Crippen LogP contribution in [0.25, 0.3) is 21.5 Å². The van der Waals surface area contributed by atoms with Crippen molar-refractivity contribution in [2.24, 2.45) is 0 Å². The molecule has 0 aliphatic heterocycles. The summed E-state index contributed by atoms with van der Waals surface area (Å²) in [5.74, 6) is -0.948. The molecule has 0 spiro atoms. The van der Waals surface area contributed by atoms with Crippen LogP contribution in [0.3, 0.4) is 0 Å². The van der Waals surface area contributed by atoms with E-state index in [1.54, 1.807) is 61.9 Å². The first-order valence-corrected chi connectivity index (χ1v) is 11.9. The van der Waals surface area contributed by atoms with Crippen LogP contribution in [0.2, 0.25) is 0 Å². The number of fused-ring (bicyclic) bond motifs is 1. The lowest BCUT2D eigenvalue weighted by atomic mass is 10.1.